The minimum Gasteiger partial charge on any atom is -0.354 e. The molecular weight excluding hydrogens is 593 g/mol. The van der Waals surface area contributed by atoms with Gasteiger partial charge in [0.25, 0.3) is 0 Å². The van der Waals surface area contributed by atoms with Crippen LogP contribution in [0.5, 0.6) is 0 Å². The Hall–Kier alpha value is -2.78. The Bertz CT molecular complexity index is 1400. The van der Waals surface area contributed by atoms with Crippen molar-refractivity contribution in [2.75, 3.05) is 23.7 Å². The zero-order valence-electron chi connectivity index (χ0n) is 22.3. The fraction of sp³-hybridized carbons (Fsp3) is 0.310. The second kappa shape index (κ2) is 14.7. The molecule has 0 aliphatic rings. The summed E-state index contributed by atoms with van der Waals surface area (Å²) >= 11 is 18.5. The third kappa shape index (κ3) is 9.41. The molecule has 0 bridgehead atoms. The number of carbonyl (C=O) groups is 2. The number of hydrogen-bond donors (Lipinski definition) is 1. The molecule has 0 saturated heterocycles. The van der Waals surface area contributed by atoms with E-state index in [9.17, 15) is 18.0 Å². The fourth-order valence-corrected chi connectivity index (χ4v) is 5.75. The Kier molecular flexibility index (Phi) is 11.7. The van der Waals surface area contributed by atoms with Gasteiger partial charge in [0, 0.05) is 34.6 Å². The summed E-state index contributed by atoms with van der Waals surface area (Å²) in [5, 5.41) is 3.85. The minimum atomic E-state index is -3.94. The normalized spacial score (nSPS) is 12.0. The zero-order valence-corrected chi connectivity index (χ0v) is 25.4. The van der Waals surface area contributed by atoms with E-state index in [0.717, 1.165) is 29.0 Å². The van der Waals surface area contributed by atoms with Crippen molar-refractivity contribution < 1.29 is 18.0 Å². The molecule has 3 rings (SSSR count). The summed E-state index contributed by atoms with van der Waals surface area (Å²) < 4.78 is 26.7. The Labute approximate surface area is 251 Å². The molecule has 3 aromatic rings. The highest BCUT2D eigenvalue weighted by atomic mass is 35.5. The van der Waals surface area contributed by atoms with Crippen LogP contribution in [0.15, 0.2) is 72.8 Å². The van der Waals surface area contributed by atoms with Crippen molar-refractivity contribution in [1.82, 2.24) is 10.2 Å². The minimum absolute atomic E-state index is 0.0337. The maximum absolute atomic E-state index is 14.0. The van der Waals surface area contributed by atoms with E-state index >= 15 is 0 Å². The van der Waals surface area contributed by atoms with Crippen LogP contribution in [0.2, 0.25) is 15.1 Å². The molecule has 0 aromatic heterocycles. The van der Waals surface area contributed by atoms with Crippen molar-refractivity contribution >= 4 is 62.3 Å². The Morgan fingerprint density at radius 1 is 0.875 bits per heavy atom. The van der Waals surface area contributed by atoms with Crippen molar-refractivity contribution in [3.63, 3.8) is 0 Å². The molecule has 0 saturated carbocycles. The first-order valence-corrected chi connectivity index (χ1v) is 15.8. The van der Waals surface area contributed by atoms with Crippen molar-refractivity contribution in [1.29, 1.82) is 0 Å². The van der Waals surface area contributed by atoms with Gasteiger partial charge < -0.3 is 10.2 Å². The number of halogens is 3. The summed E-state index contributed by atoms with van der Waals surface area (Å²) in [5.74, 6) is -0.905. The molecule has 0 heterocycles. The van der Waals surface area contributed by atoms with E-state index in [1.54, 1.807) is 24.3 Å². The first kappa shape index (κ1) is 31.7. The van der Waals surface area contributed by atoms with Crippen LogP contribution in [-0.2, 0) is 32.6 Å². The van der Waals surface area contributed by atoms with Gasteiger partial charge in [-0.05, 0) is 47.9 Å². The first-order chi connectivity index (χ1) is 19.0. The second-order valence-electron chi connectivity index (χ2n) is 9.40. The SMILES string of the molecule is CCCCNC(=O)C(Cc1ccccc1)N(Cc1cccc(Cl)c1)C(=O)CN(c1cc(Cl)cc(Cl)c1)S(C)(=O)=O. The van der Waals surface area contributed by atoms with Crippen LogP contribution in [-0.4, -0.2) is 50.5 Å². The number of hydrogen-bond acceptors (Lipinski definition) is 4. The summed E-state index contributed by atoms with van der Waals surface area (Å²) in [4.78, 5) is 29.0. The monoisotopic (exact) mass is 623 g/mol. The highest BCUT2D eigenvalue weighted by Crippen LogP contribution is 2.27. The lowest BCUT2D eigenvalue weighted by atomic mass is 10.0. The summed E-state index contributed by atoms with van der Waals surface area (Å²) in [6.07, 6.45) is 2.89. The van der Waals surface area contributed by atoms with Crippen LogP contribution in [0.25, 0.3) is 0 Å². The van der Waals surface area contributed by atoms with Crippen LogP contribution in [0.1, 0.15) is 30.9 Å². The molecule has 0 aliphatic carbocycles. The number of benzene rings is 3. The topological polar surface area (TPSA) is 86.8 Å². The molecule has 0 spiro atoms. The van der Waals surface area contributed by atoms with Crippen LogP contribution in [0, 0.1) is 0 Å². The number of carbonyl (C=O) groups excluding carboxylic acids is 2. The molecule has 7 nitrogen and oxygen atoms in total. The lowest BCUT2D eigenvalue weighted by Gasteiger charge is -2.33. The second-order valence-corrected chi connectivity index (χ2v) is 12.6. The van der Waals surface area contributed by atoms with Gasteiger partial charge in [-0.2, -0.15) is 0 Å². The maximum atomic E-state index is 14.0. The molecule has 0 radical (unpaired) electrons. The van der Waals surface area contributed by atoms with Crippen LogP contribution in [0.3, 0.4) is 0 Å². The smallest absolute Gasteiger partial charge is 0.244 e. The van der Waals surface area contributed by atoms with E-state index in [2.05, 4.69) is 5.32 Å². The van der Waals surface area contributed by atoms with E-state index in [1.807, 2.05) is 37.3 Å². The lowest BCUT2D eigenvalue weighted by molar-refractivity contribution is -0.140. The Morgan fingerprint density at radius 3 is 2.12 bits per heavy atom. The predicted molar refractivity (Wildman–Crippen MR) is 163 cm³/mol. The highest BCUT2D eigenvalue weighted by molar-refractivity contribution is 7.92. The fourth-order valence-electron chi connectivity index (χ4n) is 4.19. The van der Waals surface area contributed by atoms with Gasteiger partial charge in [-0.3, -0.25) is 13.9 Å². The van der Waals surface area contributed by atoms with Gasteiger partial charge in [-0.15, -0.1) is 0 Å². The van der Waals surface area contributed by atoms with Gasteiger partial charge in [-0.1, -0.05) is 90.6 Å². The standard InChI is InChI=1S/C29H32Cl3N3O4S/c1-3-4-13-33-29(37)27(15-21-9-6-5-7-10-21)34(19-22-11-8-12-23(30)14-22)28(36)20-35(40(2,38)39)26-17-24(31)16-25(32)18-26/h5-12,14,16-18,27H,3-4,13,15,19-20H2,1-2H3,(H,33,37). The number of unbranched alkanes of at least 4 members (excludes halogenated alkanes) is 1. The van der Waals surface area contributed by atoms with Crippen molar-refractivity contribution in [2.45, 2.75) is 38.8 Å². The first-order valence-electron chi connectivity index (χ1n) is 12.8. The Morgan fingerprint density at radius 2 is 1.52 bits per heavy atom. The number of sulfonamides is 1. The van der Waals surface area contributed by atoms with Gasteiger partial charge in [0.1, 0.15) is 12.6 Å². The number of nitrogens with zero attached hydrogens (tertiary/aromatic N) is 2. The molecule has 1 atom stereocenters. The van der Waals surface area contributed by atoms with E-state index in [-0.39, 0.29) is 34.6 Å². The van der Waals surface area contributed by atoms with Gasteiger partial charge in [0.15, 0.2) is 0 Å². The van der Waals surface area contributed by atoms with E-state index in [4.69, 9.17) is 34.8 Å². The molecule has 214 valence electrons. The molecule has 0 aliphatic heterocycles. The largest absolute Gasteiger partial charge is 0.354 e. The van der Waals surface area contributed by atoms with Gasteiger partial charge in [0.05, 0.1) is 11.9 Å². The molecule has 0 fully saturated rings. The summed E-state index contributed by atoms with van der Waals surface area (Å²) in [6, 6.07) is 19.7. The molecular formula is C29H32Cl3N3O4S. The summed E-state index contributed by atoms with van der Waals surface area (Å²) in [5.41, 5.74) is 1.68. The maximum Gasteiger partial charge on any atom is 0.244 e. The molecule has 11 heteroatoms. The number of anilines is 1. The number of nitrogens with one attached hydrogen (secondary N) is 1. The molecule has 1 unspecified atom stereocenters. The molecule has 40 heavy (non-hydrogen) atoms. The lowest BCUT2D eigenvalue weighted by Crippen LogP contribution is -2.53. The third-order valence-corrected chi connectivity index (χ3v) is 7.97. The zero-order chi connectivity index (χ0) is 29.3. The molecule has 3 aromatic carbocycles. The van der Waals surface area contributed by atoms with Crippen LogP contribution < -0.4 is 9.62 Å². The molecule has 1 N–H and O–H groups in total. The van der Waals surface area contributed by atoms with Crippen LogP contribution in [0.4, 0.5) is 5.69 Å². The van der Waals surface area contributed by atoms with Crippen molar-refractivity contribution in [2.24, 2.45) is 0 Å². The van der Waals surface area contributed by atoms with Crippen molar-refractivity contribution in [3.8, 4) is 0 Å². The van der Waals surface area contributed by atoms with E-state index in [0.29, 0.717) is 17.1 Å². The average Bonchev–Trinajstić information content (AvgIpc) is 2.88. The van der Waals surface area contributed by atoms with Gasteiger partial charge in [-0.25, -0.2) is 8.42 Å². The van der Waals surface area contributed by atoms with E-state index < -0.39 is 28.5 Å². The van der Waals surface area contributed by atoms with Gasteiger partial charge >= 0.3 is 0 Å². The summed E-state index contributed by atoms with van der Waals surface area (Å²) in [6.45, 7) is 1.94. The highest BCUT2D eigenvalue weighted by Gasteiger charge is 2.33. The van der Waals surface area contributed by atoms with Crippen LogP contribution >= 0.6 is 34.8 Å². The third-order valence-electron chi connectivity index (χ3n) is 6.16. The van der Waals surface area contributed by atoms with E-state index in [1.165, 1.54) is 23.1 Å². The van der Waals surface area contributed by atoms with Crippen molar-refractivity contribution in [3.05, 3.63) is 99.0 Å². The summed E-state index contributed by atoms with van der Waals surface area (Å²) in [7, 11) is -3.94. The quantitative estimate of drug-likeness (QED) is 0.238. The van der Waals surface area contributed by atoms with Gasteiger partial charge in [0.2, 0.25) is 21.8 Å². The predicted octanol–water partition coefficient (Wildman–Crippen LogP) is 5.97. The number of rotatable bonds is 13. The Balaban J connectivity index is 2.05. The number of amides is 2. The average molecular weight is 625 g/mol. The molecule has 2 amide bonds.